The molecule has 2 aromatic rings. The Hall–Kier alpha value is -1.78. The molecule has 4 N–H and O–H groups in total. The quantitative estimate of drug-likeness (QED) is 0.553. The Kier molecular flexibility index (Phi) is 3.75. The first-order valence-corrected chi connectivity index (χ1v) is 6.78. The molecule has 0 radical (unpaired) electrons. The number of aliphatic hydroxyl groups excluding tert-OH is 2. The molecule has 1 fully saturated rings. The Morgan fingerprint density at radius 1 is 1.50 bits per heavy atom. The largest absolute Gasteiger partial charge is 0.394 e. The number of aromatic nitrogens is 3. The number of hydrogen-bond acceptors (Lipinski definition) is 8. The van der Waals surface area contributed by atoms with Crippen LogP contribution in [-0.2, 0) is 9.57 Å². The van der Waals surface area contributed by atoms with Gasteiger partial charge in [-0.05, 0) is 13.0 Å². The van der Waals surface area contributed by atoms with Crippen LogP contribution in [0.4, 0.5) is 5.82 Å². The zero-order chi connectivity index (χ0) is 15.9. The lowest BCUT2D eigenvalue weighted by Crippen LogP contribution is -2.44. The van der Waals surface area contributed by atoms with Crippen LogP contribution in [0, 0.1) is 0 Å². The van der Waals surface area contributed by atoms with E-state index in [4.69, 9.17) is 9.57 Å². The van der Waals surface area contributed by atoms with E-state index in [-0.39, 0.29) is 0 Å². The normalized spacial score (nSPS) is 31.8. The van der Waals surface area contributed by atoms with Gasteiger partial charge in [-0.15, -0.1) is 0 Å². The molecule has 9 nitrogen and oxygen atoms in total. The summed E-state index contributed by atoms with van der Waals surface area (Å²) in [6.07, 6.45) is 0.0620. The first-order valence-electron chi connectivity index (χ1n) is 6.78. The fourth-order valence-corrected chi connectivity index (χ4v) is 2.73. The first-order chi connectivity index (χ1) is 10.5. The maximum absolute atomic E-state index is 10.5. The van der Waals surface area contributed by atoms with Crippen molar-refractivity contribution in [1.82, 2.24) is 14.5 Å². The highest BCUT2D eigenvalue weighted by atomic mass is 16.6. The SMILES string of the molecule is CONc1ncnc2c1ccn2[C@@H]1O[C@H](CO)[C@@H](O)[C@@]1(C)O. The van der Waals surface area contributed by atoms with Gasteiger partial charge >= 0.3 is 0 Å². The number of hydrogen-bond donors (Lipinski definition) is 4. The lowest BCUT2D eigenvalue weighted by Gasteiger charge is -2.27. The lowest BCUT2D eigenvalue weighted by atomic mass is 9.96. The summed E-state index contributed by atoms with van der Waals surface area (Å²) >= 11 is 0. The standard InChI is InChI=1S/C13H18N4O5/c1-13(20)9(19)8(5-18)22-12(13)17-4-3-7-10(16-21-2)14-6-15-11(7)17/h3-4,6,8-9,12,18-20H,5H2,1-2H3,(H,14,15,16)/t8-,9-,12-,13-/m1/s1. The highest BCUT2D eigenvalue weighted by Crippen LogP contribution is 2.39. The predicted octanol–water partition coefficient (Wildman–Crippen LogP) is -0.594. The average Bonchev–Trinajstić information content (AvgIpc) is 3.01. The molecule has 3 rings (SSSR count). The monoisotopic (exact) mass is 310 g/mol. The highest BCUT2D eigenvalue weighted by molar-refractivity contribution is 5.87. The summed E-state index contributed by atoms with van der Waals surface area (Å²) < 4.78 is 7.19. The van der Waals surface area contributed by atoms with Gasteiger partial charge in [0, 0.05) is 6.20 Å². The van der Waals surface area contributed by atoms with Crippen molar-refractivity contribution >= 4 is 16.9 Å². The minimum absolute atomic E-state index is 0.390. The number of anilines is 1. The van der Waals surface area contributed by atoms with E-state index in [1.54, 1.807) is 16.8 Å². The minimum atomic E-state index is -1.57. The van der Waals surface area contributed by atoms with E-state index in [9.17, 15) is 15.3 Å². The Morgan fingerprint density at radius 2 is 2.27 bits per heavy atom. The van der Waals surface area contributed by atoms with E-state index in [1.807, 2.05) is 0 Å². The zero-order valence-corrected chi connectivity index (χ0v) is 12.2. The topological polar surface area (TPSA) is 122 Å². The van der Waals surface area contributed by atoms with E-state index in [0.717, 1.165) is 0 Å². The van der Waals surface area contributed by atoms with Crippen molar-refractivity contribution in [3.05, 3.63) is 18.6 Å². The van der Waals surface area contributed by atoms with E-state index < -0.39 is 30.6 Å². The molecule has 0 amide bonds. The Bertz CT molecular complexity index is 673. The van der Waals surface area contributed by atoms with Crippen molar-refractivity contribution in [2.75, 3.05) is 19.2 Å². The lowest BCUT2D eigenvalue weighted by molar-refractivity contribution is -0.0948. The molecule has 0 spiro atoms. The van der Waals surface area contributed by atoms with E-state index in [1.165, 1.54) is 20.4 Å². The molecule has 1 aliphatic rings. The third kappa shape index (κ3) is 2.14. The van der Waals surface area contributed by atoms with E-state index in [0.29, 0.717) is 16.9 Å². The third-order valence-corrected chi connectivity index (χ3v) is 3.90. The molecular formula is C13H18N4O5. The average molecular weight is 310 g/mol. The summed E-state index contributed by atoms with van der Waals surface area (Å²) in [6, 6.07) is 1.74. The van der Waals surface area contributed by atoms with Crippen LogP contribution >= 0.6 is 0 Å². The van der Waals surface area contributed by atoms with E-state index >= 15 is 0 Å². The molecule has 0 aromatic carbocycles. The van der Waals surface area contributed by atoms with Crippen LogP contribution < -0.4 is 5.48 Å². The first kappa shape index (κ1) is 15.1. The Labute approximate surface area is 126 Å². The summed E-state index contributed by atoms with van der Waals surface area (Å²) in [6.45, 7) is 1.07. The van der Waals surface area contributed by atoms with Crippen LogP contribution in [0.25, 0.3) is 11.0 Å². The van der Waals surface area contributed by atoms with Gasteiger partial charge in [0.2, 0.25) is 0 Å². The molecule has 0 bridgehead atoms. The van der Waals surface area contributed by atoms with Gasteiger partial charge < -0.3 is 24.6 Å². The second kappa shape index (κ2) is 5.45. The number of ether oxygens (including phenoxy) is 1. The predicted molar refractivity (Wildman–Crippen MR) is 75.8 cm³/mol. The highest BCUT2D eigenvalue weighted by Gasteiger charge is 2.53. The van der Waals surface area contributed by atoms with Crippen molar-refractivity contribution in [3.8, 4) is 0 Å². The smallest absolute Gasteiger partial charge is 0.167 e. The van der Waals surface area contributed by atoms with Crippen LogP contribution in [0.2, 0.25) is 0 Å². The maximum Gasteiger partial charge on any atom is 0.167 e. The summed E-state index contributed by atoms with van der Waals surface area (Å²) in [5, 5.41) is 30.5. The number of rotatable bonds is 4. The molecule has 0 aliphatic carbocycles. The molecule has 3 heterocycles. The number of nitrogens with zero attached hydrogens (tertiary/aromatic N) is 3. The number of aliphatic hydroxyl groups is 3. The molecule has 120 valence electrons. The van der Waals surface area contributed by atoms with Gasteiger partial charge in [-0.1, -0.05) is 0 Å². The van der Waals surface area contributed by atoms with Crippen molar-refractivity contribution in [2.45, 2.75) is 31.0 Å². The second-order valence-corrected chi connectivity index (χ2v) is 5.37. The summed E-state index contributed by atoms with van der Waals surface area (Å²) in [7, 11) is 1.47. The summed E-state index contributed by atoms with van der Waals surface area (Å²) in [5.74, 6) is 0.475. The molecule has 1 aliphatic heterocycles. The van der Waals surface area contributed by atoms with Crippen molar-refractivity contribution < 1.29 is 24.9 Å². The van der Waals surface area contributed by atoms with Crippen molar-refractivity contribution in [3.63, 3.8) is 0 Å². The molecule has 4 atom stereocenters. The molecule has 1 saturated heterocycles. The molecule has 9 heteroatoms. The summed E-state index contributed by atoms with van der Waals surface area (Å²) in [5.41, 5.74) is 1.58. The van der Waals surface area contributed by atoms with Gasteiger partial charge in [0.05, 0.1) is 19.1 Å². The van der Waals surface area contributed by atoms with Crippen LogP contribution in [0.1, 0.15) is 13.2 Å². The zero-order valence-electron chi connectivity index (χ0n) is 12.2. The van der Waals surface area contributed by atoms with Gasteiger partial charge in [-0.25, -0.2) is 15.4 Å². The van der Waals surface area contributed by atoms with Crippen LogP contribution in [0.5, 0.6) is 0 Å². The molecule has 2 aromatic heterocycles. The third-order valence-electron chi connectivity index (χ3n) is 3.90. The van der Waals surface area contributed by atoms with Crippen molar-refractivity contribution in [2.24, 2.45) is 0 Å². The fraction of sp³-hybridized carbons (Fsp3) is 0.538. The molecule has 0 unspecified atom stereocenters. The molecule has 22 heavy (non-hydrogen) atoms. The fourth-order valence-electron chi connectivity index (χ4n) is 2.73. The molecular weight excluding hydrogens is 292 g/mol. The second-order valence-electron chi connectivity index (χ2n) is 5.37. The van der Waals surface area contributed by atoms with Crippen molar-refractivity contribution in [1.29, 1.82) is 0 Å². The Morgan fingerprint density at radius 3 is 2.91 bits per heavy atom. The number of fused-ring (bicyclic) bond motifs is 1. The molecule has 0 saturated carbocycles. The van der Waals surface area contributed by atoms with Gasteiger partial charge in [0.1, 0.15) is 29.8 Å². The van der Waals surface area contributed by atoms with Gasteiger partial charge in [-0.3, -0.25) is 4.84 Å². The van der Waals surface area contributed by atoms with Gasteiger partial charge in [-0.2, -0.15) is 0 Å². The summed E-state index contributed by atoms with van der Waals surface area (Å²) in [4.78, 5) is 13.1. The van der Waals surface area contributed by atoms with Crippen LogP contribution in [0.3, 0.4) is 0 Å². The van der Waals surface area contributed by atoms with E-state index in [2.05, 4.69) is 15.4 Å². The number of nitrogens with one attached hydrogen (secondary N) is 1. The minimum Gasteiger partial charge on any atom is -0.394 e. The van der Waals surface area contributed by atoms with Gasteiger partial charge in [0.25, 0.3) is 0 Å². The van der Waals surface area contributed by atoms with Gasteiger partial charge in [0.15, 0.2) is 12.0 Å². The van der Waals surface area contributed by atoms with Crippen LogP contribution in [0.15, 0.2) is 18.6 Å². The van der Waals surface area contributed by atoms with Crippen LogP contribution in [-0.4, -0.2) is 61.4 Å². The Balaban J connectivity index is 2.06. The maximum atomic E-state index is 10.5.